The summed E-state index contributed by atoms with van der Waals surface area (Å²) in [5.41, 5.74) is -2.80. The predicted molar refractivity (Wildman–Crippen MR) is 127 cm³/mol. The molecule has 6 nitrogen and oxygen atoms in total. The molecule has 2 N–H and O–H groups in total. The van der Waals surface area contributed by atoms with Crippen molar-refractivity contribution in [3.63, 3.8) is 0 Å². The van der Waals surface area contributed by atoms with Gasteiger partial charge in [0, 0.05) is 35.1 Å². The molecule has 0 spiro atoms. The van der Waals surface area contributed by atoms with Crippen LogP contribution in [0.5, 0.6) is 0 Å². The molecule has 0 bridgehead atoms. The molecule has 0 radical (unpaired) electrons. The van der Waals surface area contributed by atoms with Gasteiger partial charge < -0.3 is 20.0 Å². The second kappa shape index (κ2) is 9.97. The molecule has 190 valence electrons. The van der Waals surface area contributed by atoms with Gasteiger partial charge in [-0.25, -0.2) is 0 Å². The number of rotatable bonds is 4. The molecule has 1 unspecified atom stereocenters. The highest BCUT2D eigenvalue weighted by molar-refractivity contribution is 6.34. The monoisotopic (exact) mass is 532 g/mol. The molecule has 4 rings (SSSR count). The lowest BCUT2D eigenvalue weighted by Gasteiger charge is -2.38. The third-order valence-electron chi connectivity index (χ3n) is 5.51. The summed E-state index contributed by atoms with van der Waals surface area (Å²) in [6.45, 7) is 6.79. The van der Waals surface area contributed by atoms with Gasteiger partial charge in [-0.15, -0.1) is 0 Å². The fourth-order valence-electron chi connectivity index (χ4n) is 3.53. The zero-order chi connectivity index (χ0) is 26.1. The number of oxime groups is 1. The Kier molecular flexibility index (Phi) is 7.76. The van der Waals surface area contributed by atoms with Gasteiger partial charge in [0.15, 0.2) is 0 Å². The predicted octanol–water partition coefficient (Wildman–Crippen LogP) is 5.32. The number of alkyl halides is 3. The maximum Gasteiger partial charge on any atom is 0.435 e. The number of nitrogens with zero attached hydrogens (tertiary/aromatic N) is 1. The standard InChI is InChI=1S/C19H15Cl2F3N2O2.C5H10O2/c20-14-5-13(6-15(21)7-14)18(19(22,23)24)8-16(26-28-18)11-1-3-12(4-2-11)17(27)9-25-10-17;1-5(2,3)7-4-6/h1-7,25,27H,8-10H2;4H,1-3H3. The molecule has 1 saturated heterocycles. The lowest BCUT2D eigenvalue weighted by molar-refractivity contribution is -0.275. The Hall–Kier alpha value is -2.33. The number of carbonyl (C=O) groups is 1. The smallest absolute Gasteiger partial charge is 0.435 e. The summed E-state index contributed by atoms with van der Waals surface area (Å²) in [5, 5.41) is 17.2. The fraction of sp³-hybridized carbons (Fsp3) is 0.417. The van der Waals surface area contributed by atoms with E-state index in [0.717, 1.165) is 0 Å². The molecule has 1 atom stereocenters. The van der Waals surface area contributed by atoms with E-state index >= 15 is 0 Å². The van der Waals surface area contributed by atoms with E-state index in [0.29, 0.717) is 30.7 Å². The third-order valence-corrected chi connectivity index (χ3v) is 5.94. The van der Waals surface area contributed by atoms with E-state index in [9.17, 15) is 23.1 Å². The van der Waals surface area contributed by atoms with E-state index < -0.39 is 23.8 Å². The van der Waals surface area contributed by atoms with Crippen molar-refractivity contribution in [2.45, 2.75) is 50.2 Å². The van der Waals surface area contributed by atoms with Crippen LogP contribution in [0.2, 0.25) is 10.0 Å². The average molecular weight is 533 g/mol. The van der Waals surface area contributed by atoms with Crippen LogP contribution >= 0.6 is 23.2 Å². The number of aliphatic hydroxyl groups is 1. The molecule has 11 heteroatoms. The van der Waals surface area contributed by atoms with Gasteiger partial charge in [0.05, 0.1) is 5.71 Å². The van der Waals surface area contributed by atoms with Gasteiger partial charge >= 0.3 is 6.18 Å². The summed E-state index contributed by atoms with van der Waals surface area (Å²) in [6.07, 6.45) is -5.25. The molecule has 2 aromatic rings. The maximum absolute atomic E-state index is 14.0. The SMILES string of the molecule is CC(C)(C)OC=O.OC1(c2ccc(C3=NOC(c4cc(Cl)cc(Cl)c4)(C(F)(F)F)C3)cc2)CNC1. The number of carbonyl (C=O) groups excluding carboxylic acids is 1. The third kappa shape index (κ3) is 6.09. The highest BCUT2D eigenvalue weighted by Crippen LogP contribution is 2.49. The van der Waals surface area contributed by atoms with E-state index in [2.05, 4.69) is 15.2 Å². The van der Waals surface area contributed by atoms with Crippen molar-refractivity contribution in [1.82, 2.24) is 5.32 Å². The Bertz CT molecular complexity index is 1080. The summed E-state index contributed by atoms with van der Waals surface area (Å²) in [4.78, 5) is 14.6. The Morgan fingerprint density at radius 3 is 2.03 bits per heavy atom. The lowest BCUT2D eigenvalue weighted by Crippen LogP contribution is -2.56. The minimum Gasteiger partial charge on any atom is -0.462 e. The molecule has 2 aromatic carbocycles. The average Bonchev–Trinajstić information content (AvgIpc) is 3.18. The Morgan fingerprint density at radius 2 is 1.63 bits per heavy atom. The number of β-amino-alcohol motifs (C(OH)–C–C–N with tert-alkyl or cyclic N) is 1. The molecule has 0 aliphatic carbocycles. The summed E-state index contributed by atoms with van der Waals surface area (Å²) in [7, 11) is 0. The normalized spacial score (nSPS) is 21.1. The van der Waals surface area contributed by atoms with Gasteiger partial charge in [0.2, 0.25) is 0 Å². The molecule has 2 aliphatic heterocycles. The van der Waals surface area contributed by atoms with E-state index in [1.54, 1.807) is 24.3 Å². The van der Waals surface area contributed by atoms with Crippen LogP contribution in [0.1, 0.15) is 43.9 Å². The van der Waals surface area contributed by atoms with Gasteiger partial charge in [-0.1, -0.05) is 52.6 Å². The number of nitrogens with one attached hydrogen (secondary N) is 1. The maximum atomic E-state index is 14.0. The Balaban J connectivity index is 0.000000429. The van der Waals surface area contributed by atoms with Crippen molar-refractivity contribution in [2.24, 2.45) is 5.16 Å². The van der Waals surface area contributed by atoms with Crippen LogP contribution in [0.25, 0.3) is 0 Å². The number of benzene rings is 2. The molecule has 1 fully saturated rings. The molecule has 2 aliphatic rings. The lowest BCUT2D eigenvalue weighted by atomic mass is 9.85. The van der Waals surface area contributed by atoms with Gasteiger partial charge in [-0.2, -0.15) is 13.2 Å². The summed E-state index contributed by atoms with van der Waals surface area (Å²) in [6, 6.07) is 10.3. The van der Waals surface area contributed by atoms with Crippen LogP contribution < -0.4 is 5.32 Å². The van der Waals surface area contributed by atoms with Crippen LogP contribution in [-0.2, 0) is 25.6 Å². The second-order valence-electron chi connectivity index (χ2n) is 9.33. The van der Waals surface area contributed by atoms with Gasteiger partial charge in [-0.05, 0) is 50.1 Å². The number of ether oxygens (including phenoxy) is 1. The minimum absolute atomic E-state index is 0.0786. The Morgan fingerprint density at radius 1 is 1.06 bits per heavy atom. The zero-order valence-electron chi connectivity index (χ0n) is 19.2. The number of hydrogen-bond acceptors (Lipinski definition) is 6. The van der Waals surface area contributed by atoms with Gasteiger partial charge in [0.25, 0.3) is 12.1 Å². The Labute approximate surface area is 211 Å². The number of halogens is 5. The first kappa shape index (κ1) is 27.3. The molecule has 2 heterocycles. The molecular weight excluding hydrogens is 508 g/mol. The van der Waals surface area contributed by atoms with Crippen LogP contribution in [0.4, 0.5) is 13.2 Å². The van der Waals surface area contributed by atoms with E-state index in [1.165, 1.54) is 18.2 Å². The summed E-state index contributed by atoms with van der Waals surface area (Å²) >= 11 is 11.8. The highest BCUT2D eigenvalue weighted by atomic mass is 35.5. The molecule has 0 amide bonds. The first-order valence-corrected chi connectivity index (χ1v) is 11.4. The minimum atomic E-state index is -4.74. The van der Waals surface area contributed by atoms with Crippen LogP contribution in [-0.4, -0.2) is 42.2 Å². The van der Waals surface area contributed by atoms with Gasteiger partial charge in [-0.3, -0.25) is 4.79 Å². The van der Waals surface area contributed by atoms with E-state index in [4.69, 9.17) is 28.0 Å². The van der Waals surface area contributed by atoms with Crippen molar-refractivity contribution in [3.05, 3.63) is 69.2 Å². The van der Waals surface area contributed by atoms with Crippen molar-refractivity contribution >= 4 is 35.4 Å². The topological polar surface area (TPSA) is 80.2 Å². The molecule has 35 heavy (non-hydrogen) atoms. The van der Waals surface area contributed by atoms with Gasteiger partial charge in [0.1, 0.15) is 11.2 Å². The van der Waals surface area contributed by atoms with Crippen LogP contribution in [0, 0.1) is 0 Å². The number of hydrogen-bond donors (Lipinski definition) is 2. The highest BCUT2D eigenvalue weighted by Gasteiger charge is 2.62. The van der Waals surface area contributed by atoms with Crippen molar-refractivity contribution in [2.75, 3.05) is 13.1 Å². The summed E-state index contributed by atoms with van der Waals surface area (Å²) in [5.74, 6) is 0. The van der Waals surface area contributed by atoms with Crippen molar-refractivity contribution in [1.29, 1.82) is 0 Å². The van der Waals surface area contributed by atoms with Crippen LogP contribution in [0.3, 0.4) is 0 Å². The van der Waals surface area contributed by atoms with Crippen molar-refractivity contribution < 1.29 is 32.6 Å². The van der Waals surface area contributed by atoms with E-state index in [1.807, 2.05) is 20.8 Å². The molecular formula is C24H25Cl2F3N2O4. The van der Waals surface area contributed by atoms with Crippen molar-refractivity contribution in [3.8, 4) is 0 Å². The fourth-order valence-corrected chi connectivity index (χ4v) is 4.05. The first-order valence-electron chi connectivity index (χ1n) is 10.6. The summed E-state index contributed by atoms with van der Waals surface area (Å²) < 4.78 is 46.6. The molecule has 0 saturated carbocycles. The van der Waals surface area contributed by atoms with E-state index in [-0.39, 0.29) is 26.9 Å². The first-order chi connectivity index (χ1) is 16.2. The second-order valence-corrected chi connectivity index (χ2v) is 10.2. The zero-order valence-corrected chi connectivity index (χ0v) is 20.8. The quantitative estimate of drug-likeness (QED) is 0.520. The van der Waals surface area contributed by atoms with Crippen LogP contribution in [0.15, 0.2) is 47.6 Å². The molecule has 0 aromatic heterocycles. The largest absolute Gasteiger partial charge is 0.462 e.